The van der Waals surface area contributed by atoms with Crippen molar-refractivity contribution in [1.82, 2.24) is 4.31 Å². The van der Waals surface area contributed by atoms with E-state index in [1.165, 1.54) is 15.6 Å². The van der Waals surface area contributed by atoms with Crippen LogP contribution in [-0.2, 0) is 14.8 Å². The van der Waals surface area contributed by atoms with Crippen LogP contribution in [0.2, 0.25) is 5.02 Å². The minimum absolute atomic E-state index is 0.0973. The van der Waals surface area contributed by atoms with Gasteiger partial charge >= 0.3 is 0 Å². The molecule has 1 aliphatic rings. The van der Waals surface area contributed by atoms with Crippen molar-refractivity contribution in [3.63, 3.8) is 0 Å². The van der Waals surface area contributed by atoms with E-state index in [0.717, 1.165) is 10.5 Å². The molecule has 2 heterocycles. The number of halogens is 1. The zero-order valence-corrected chi connectivity index (χ0v) is 16.8. The van der Waals surface area contributed by atoms with E-state index in [2.05, 4.69) is 5.32 Å². The first-order valence-electron chi connectivity index (χ1n) is 8.30. The normalized spacial score (nSPS) is 16.5. The van der Waals surface area contributed by atoms with Gasteiger partial charge in [0.15, 0.2) is 6.54 Å². The summed E-state index contributed by atoms with van der Waals surface area (Å²) in [5, 5.41) is 5.26. The second-order valence-electron chi connectivity index (χ2n) is 6.22. The van der Waals surface area contributed by atoms with Gasteiger partial charge in [-0.15, -0.1) is 11.3 Å². The molecule has 0 spiro atoms. The molecule has 0 aliphatic carbocycles. The maximum absolute atomic E-state index is 12.5. The first-order valence-corrected chi connectivity index (χ1v) is 11.0. The van der Waals surface area contributed by atoms with Gasteiger partial charge in [0.25, 0.3) is 15.9 Å². The molecule has 0 bridgehead atoms. The number of benzene rings is 1. The third-order valence-corrected chi connectivity index (χ3v) is 8.15. The first kappa shape index (κ1) is 19.3. The number of carbonyl (C=O) groups is 1. The number of nitrogens with zero attached hydrogens (tertiary/aromatic N) is 1. The molecule has 3 rings (SSSR count). The van der Waals surface area contributed by atoms with Gasteiger partial charge in [-0.2, -0.15) is 4.31 Å². The van der Waals surface area contributed by atoms with Crippen LogP contribution >= 0.6 is 22.9 Å². The second-order valence-corrected chi connectivity index (χ2v) is 9.74. The number of carbonyl (C=O) groups excluding carboxylic acids is 1. The minimum atomic E-state index is -3.41. The highest BCUT2D eigenvalue weighted by molar-refractivity contribution is 7.91. The van der Waals surface area contributed by atoms with E-state index in [4.69, 9.17) is 11.6 Å². The molecule has 0 saturated carbocycles. The van der Waals surface area contributed by atoms with Crippen molar-refractivity contribution in [3.8, 4) is 0 Å². The van der Waals surface area contributed by atoms with E-state index in [0.29, 0.717) is 47.6 Å². The number of thiophene rings is 1. The summed E-state index contributed by atoms with van der Waals surface area (Å²) in [6, 6.07) is 8.76. The van der Waals surface area contributed by atoms with Gasteiger partial charge in [0.05, 0.1) is 26.2 Å². The molecular formula is C17H21ClN3O3S2+. The number of quaternary nitrogens is 1. The van der Waals surface area contributed by atoms with Crippen molar-refractivity contribution in [3.05, 3.63) is 46.3 Å². The molecule has 1 aromatic heterocycles. The van der Waals surface area contributed by atoms with E-state index >= 15 is 0 Å². The standard InChI is InChI=1S/C17H20ClN3O3S2/c1-13-14(18)4-2-5-15(13)19-16(22)12-20-7-9-21(10-8-20)26(23,24)17-6-3-11-25-17/h2-6,11H,7-10,12H2,1H3,(H,19,22)/p+1. The fourth-order valence-corrected chi connectivity index (χ4v) is 5.68. The van der Waals surface area contributed by atoms with Crippen molar-refractivity contribution in [2.24, 2.45) is 0 Å². The van der Waals surface area contributed by atoms with Crippen LogP contribution in [0.3, 0.4) is 0 Å². The second kappa shape index (κ2) is 8.06. The molecule has 2 aromatic rings. The molecule has 1 amide bonds. The van der Waals surface area contributed by atoms with Crippen molar-refractivity contribution in [1.29, 1.82) is 0 Å². The molecule has 1 saturated heterocycles. The molecule has 26 heavy (non-hydrogen) atoms. The topological polar surface area (TPSA) is 70.9 Å². The van der Waals surface area contributed by atoms with Crippen LogP contribution in [-0.4, -0.2) is 51.4 Å². The van der Waals surface area contributed by atoms with E-state index in [1.54, 1.807) is 29.6 Å². The molecular weight excluding hydrogens is 394 g/mol. The summed E-state index contributed by atoms with van der Waals surface area (Å²) in [5.74, 6) is -0.0973. The lowest BCUT2D eigenvalue weighted by Gasteiger charge is -2.30. The van der Waals surface area contributed by atoms with E-state index in [-0.39, 0.29) is 5.91 Å². The maximum atomic E-state index is 12.5. The van der Waals surface area contributed by atoms with Gasteiger partial charge in [-0.1, -0.05) is 23.7 Å². The smallest absolute Gasteiger partial charge is 0.279 e. The van der Waals surface area contributed by atoms with Crippen LogP contribution in [0.4, 0.5) is 5.69 Å². The van der Waals surface area contributed by atoms with Crippen molar-refractivity contribution >= 4 is 44.6 Å². The summed E-state index contributed by atoms with van der Waals surface area (Å²) < 4.78 is 26.9. The fraction of sp³-hybridized carbons (Fsp3) is 0.353. The van der Waals surface area contributed by atoms with Gasteiger partial charge in [-0.05, 0) is 36.1 Å². The predicted molar refractivity (Wildman–Crippen MR) is 103 cm³/mol. The molecule has 2 N–H and O–H groups in total. The quantitative estimate of drug-likeness (QED) is 0.773. The summed E-state index contributed by atoms with van der Waals surface area (Å²) >= 11 is 7.30. The summed E-state index contributed by atoms with van der Waals surface area (Å²) in [6.45, 7) is 4.20. The molecule has 1 aliphatic heterocycles. The van der Waals surface area contributed by atoms with Crippen molar-refractivity contribution < 1.29 is 18.1 Å². The molecule has 0 unspecified atom stereocenters. The molecule has 9 heteroatoms. The zero-order valence-electron chi connectivity index (χ0n) is 14.4. The van der Waals surface area contributed by atoms with Crippen LogP contribution < -0.4 is 10.2 Å². The van der Waals surface area contributed by atoms with Crippen LogP contribution in [0.1, 0.15) is 5.56 Å². The Morgan fingerprint density at radius 3 is 2.65 bits per heavy atom. The van der Waals surface area contributed by atoms with Gasteiger partial charge in [-0.3, -0.25) is 4.79 Å². The highest BCUT2D eigenvalue weighted by atomic mass is 35.5. The number of sulfonamides is 1. The molecule has 6 nitrogen and oxygen atoms in total. The number of hydrogen-bond donors (Lipinski definition) is 2. The van der Waals surface area contributed by atoms with Gasteiger partial charge in [0.2, 0.25) is 0 Å². The third-order valence-electron chi connectivity index (χ3n) is 4.47. The lowest BCUT2D eigenvalue weighted by atomic mass is 10.2. The van der Waals surface area contributed by atoms with Gasteiger partial charge in [0.1, 0.15) is 4.21 Å². The number of hydrogen-bond acceptors (Lipinski definition) is 4. The Bertz CT molecular complexity index is 877. The largest absolute Gasteiger partial charge is 0.325 e. The highest BCUT2D eigenvalue weighted by Crippen LogP contribution is 2.23. The molecule has 140 valence electrons. The maximum Gasteiger partial charge on any atom is 0.279 e. The average Bonchev–Trinajstić information content (AvgIpc) is 3.15. The van der Waals surface area contributed by atoms with Crippen LogP contribution in [0.15, 0.2) is 39.9 Å². The summed E-state index contributed by atoms with van der Waals surface area (Å²) in [5.41, 5.74) is 1.55. The Morgan fingerprint density at radius 1 is 1.27 bits per heavy atom. The number of rotatable bonds is 5. The minimum Gasteiger partial charge on any atom is -0.325 e. The Labute approximate surface area is 162 Å². The molecule has 1 aromatic carbocycles. The van der Waals surface area contributed by atoms with E-state index < -0.39 is 10.0 Å². The Balaban J connectivity index is 1.54. The first-order chi connectivity index (χ1) is 12.4. The lowest BCUT2D eigenvalue weighted by Crippen LogP contribution is -3.15. The van der Waals surface area contributed by atoms with E-state index in [9.17, 15) is 13.2 Å². The van der Waals surface area contributed by atoms with Gasteiger partial charge in [-0.25, -0.2) is 8.42 Å². The van der Waals surface area contributed by atoms with Gasteiger partial charge < -0.3 is 10.2 Å². The predicted octanol–water partition coefficient (Wildman–Crippen LogP) is 1.24. The monoisotopic (exact) mass is 414 g/mol. The lowest BCUT2D eigenvalue weighted by molar-refractivity contribution is -0.895. The molecule has 0 atom stereocenters. The summed E-state index contributed by atoms with van der Waals surface area (Å²) in [4.78, 5) is 13.4. The summed E-state index contributed by atoms with van der Waals surface area (Å²) in [6.07, 6.45) is 0. The Hall–Kier alpha value is -1.45. The van der Waals surface area contributed by atoms with Crippen LogP contribution in [0.25, 0.3) is 0 Å². The number of amides is 1. The SMILES string of the molecule is Cc1c(Cl)cccc1NC(=O)C[NH+]1CCN(S(=O)(=O)c2cccs2)CC1. The fourth-order valence-electron chi connectivity index (χ4n) is 2.92. The van der Waals surface area contributed by atoms with Crippen LogP contribution in [0, 0.1) is 6.92 Å². The van der Waals surface area contributed by atoms with Crippen LogP contribution in [0.5, 0.6) is 0 Å². The Kier molecular flexibility index (Phi) is 5.99. The molecule has 0 radical (unpaired) electrons. The number of anilines is 1. The highest BCUT2D eigenvalue weighted by Gasteiger charge is 2.31. The number of piperazine rings is 1. The van der Waals surface area contributed by atoms with Crippen molar-refractivity contribution in [2.45, 2.75) is 11.1 Å². The number of nitrogens with one attached hydrogen (secondary N) is 2. The van der Waals surface area contributed by atoms with Crippen molar-refractivity contribution in [2.75, 3.05) is 38.0 Å². The summed E-state index contributed by atoms with van der Waals surface area (Å²) in [7, 11) is -3.41. The van der Waals surface area contributed by atoms with Gasteiger partial charge in [0, 0.05) is 10.7 Å². The molecule has 1 fully saturated rings. The average molecular weight is 415 g/mol. The third kappa shape index (κ3) is 4.27. The van der Waals surface area contributed by atoms with E-state index in [1.807, 2.05) is 13.0 Å². The zero-order chi connectivity index (χ0) is 18.7. The Morgan fingerprint density at radius 2 is 2.00 bits per heavy atom.